The van der Waals surface area contributed by atoms with E-state index >= 15 is 0 Å². The molecule has 0 aliphatic heterocycles. The molecule has 0 fully saturated rings. The molecule has 31 heavy (non-hydrogen) atoms. The number of aryl methyl sites for hydroxylation is 1. The molecule has 2 amide bonds. The van der Waals surface area contributed by atoms with Crippen LogP contribution in [0.3, 0.4) is 0 Å². The fourth-order valence-corrected chi connectivity index (χ4v) is 3.69. The molecule has 9 heteroatoms. The number of amides is 2. The first-order valence-corrected chi connectivity index (χ1v) is 10.6. The first-order chi connectivity index (χ1) is 15.0. The zero-order valence-electron chi connectivity index (χ0n) is 17.0. The van der Waals surface area contributed by atoms with Gasteiger partial charge in [-0.15, -0.1) is 10.2 Å². The van der Waals surface area contributed by atoms with Crippen LogP contribution >= 0.6 is 11.8 Å². The molecule has 0 saturated carbocycles. The minimum atomic E-state index is -0.281. The van der Waals surface area contributed by atoms with E-state index in [-0.39, 0.29) is 23.6 Å². The van der Waals surface area contributed by atoms with E-state index in [2.05, 4.69) is 20.8 Å². The molecule has 158 valence electrons. The Hall–Kier alpha value is -3.59. The van der Waals surface area contributed by atoms with Crippen molar-refractivity contribution in [3.63, 3.8) is 0 Å². The first-order valence-electron chi connectivity index (χ1n) is 9.65. The predicted molar refractivity (Wildman–Crippen MR) is 119 cm³/mol. The van der Waals surface area contributed by atoms with Crippen LogP contribution in [0, 0.1) is 0 Å². The third kappa shape index (κ3) is 4.95. The largest absolute Gasteiger partial charge is 0.459 e. The van der Waals surface area contributed by atoms with Gasteiger partial charge in [-0.05, 0) is 43.3 Å². The molecule has 1 atom stereocenters. The van der Waals surface area contributed by atoms with Gasteiger partial charge < -0.3 is 19.6 Å². The highest BCUT2D eigenvalue weighted by Crippen LogP contribution is 2.24. The Kier molecular flexibility index (Phi) is 6.03. The van der Waals surface area contributed by atoms with E-state index in [0.717, 1.165) is 11.0 Å². The van der Waals surface area contributed by atoms with Gasteiger partial charge in [0.05, 0.1) is 11.8 Å². The number of carbonyl (C=O) groups is 2. The second kappa shape index (κ2) is 9.05. The molecule has 2 heterocycles. The van der Waals surface area contributed by atoms with Crippen molar-refractivity contribution in [1.29, 1.82) is 0 Å². The summed E-state index contributed by atoms with van der Waals surface area (Å²) < 4.78 is 7.56. The van der Waals surface area contributed by atoms with E-state index < -0.39 is 0 Å². The fraction of sp³-hybridized carbons (Fsp3) is 0.182. The van der Waals surface area contributed by atoms with Crippen molar-refractivity contribution in [1.82, 2.24) is 20.1 Å². The molecule has 0 bridgehead atoms. The summed E-state index contributed by atoms with van der Waals surface area (Å²) in [6, 6.07) is 16.1. The van der Waals surface area contributed by atoms with Crippen LogP contribution in [0.25, 0.3) is 11.0 Å². The number of fused-ring (bicyclic) bond motifs is 1. The average Bonchev–Trinajstić information content (AvgIpc) is 3.38. The predicted octanol–water partition coefficient (Wildman–Crippen LogP) is 3.78. The smallest absolute Gasteiger partial charge is 0.251 e. The quantitative estimate of drug-likeness (QED) is 0.428. The zero-order chi connectivity index (χ0) is 21.8. The van der Waals surface area contributed by atoms with Crippen LogP contribution in [0.4, 0.5) is 5.69 Å². The Balaban J connectivity index is 1.32. The Morgan fingerprint density at radius 3 is 2.65 bits per heavy atom. The molecule has 0 saturated heterocycles. The van der Waals surface area contributed by atoms with Crippen molar-refractivity contribution in [3.8, 4) is 0 Å². The van der Waals surface area contributed by atoms with Crippen molar-refractivity contribution in [3.05, 3.63) is 72.2 Å². The van der Waals surface area contributed by atoms with Crippen molar-refractivity contribution in [2.75, 3.05) is 11.1 Å². The first kappa shape index (κ1) is 20.7. The van der Waals surface area contributed by atoms with Gasteiger partial charge in [-0.3, -0.25) is 9.59 Å². The molecule has 2 N–H and O–H groups in total. The minimum absolute atomic E-state index is 0.163. The summed E-state index contributed by atoms with van der Waals surface area (Å²) in [7, 11) is 1.82. The van der Waals surface area contributed by atoms with Gasteiger partial charge in [0.15, 0.2) is 5.16 Å². The van der Waals surface area contributed by atoms with Crippen LogP contribution in [0.15, 0.2) is 70.5 Å². The van der Waals surface area contributed by atoms with E-state index in [0.29, 0.717) is 22.2 Å². The number of nitrogens with one attached hydrogen (secondary N) is 2. The molecule has 0 aliphatic rings. The molecular formula is C22H21N5O3S. The highest BCUT2D eigenvalue weighted by atomic mass is 32.2. The number of hydrogen-bond donors (Lipinski definition) is 2. The van der Waals surface area contributed by atoms with Gasteiger partial charge >= 0.3 is 0 Å². The fourth-order valence-electron chi connectivity index (χ4n) is 3.00. The average molecular weight is 436 g/mol. The monoisotopic (exact) mass is 435 g/mol. The van der Waals surface area contributed by atoms with Gasteiger partial charge in [0.25, 0.3) is 5.91 Å². The summed E-state index contributed by atoms with van der Waals surface area (Å²) in [4.78, 5) is 24.7. The van der Waals surface area contributed by atoms with Crippen LogP contribution in [-0.2, 0) is 11.8 Å². The van der Waals surface area contributed by atoms with Crippen molar-refractivity contribution >= 4 is 40.2 Å². The Morgan fingerprint density at radius 1 is 1.16 bits per heavy atom. The van der Waals surface area contributed by atoms with Gasteiger partial charge in [0.1, 0.15) is 17.7 Å². The lowest BCUT2D eigenvalue weighted by Crippen LogP contribution is -2.26. The van der Waals surface area contributed by atoms with Gasteiger partial charge in [0.2, 0.25) is 5.91 Å². The maximum atomic E-state index is 12.6. The number of thioether (sulfide) groups is 1. The zero-order valence-corrected chi connectivity index (χ0v) is 17.8. The number of rotatable bonds is 7. The van der Waals surface area contributed by atoms with E-state index in [1.165, 1.54) is 11.8 Å². The summed E-state index contributed by atoms with van der Waals surface area (Å²) in [5, 5.41) is 15.1. The SMILES string of the molecule is CC(NC(=O)c1ccc(NC(=O)CSc2nncn2C)cc1)c1cc2ccccc2o1. The lowest BCUT2D eigenvalue weighted by Gasteiger charge is -2.12. The van der Waals surface area contributed by atoms with E-state index in [4.69, 9.17) is 4.42 Å². The number of aromatic nitrogens is 3. The molecule has 0 radical (unpaired) electrons. The molecule has 0 aliphatic carbocycles. The molecule has 2 aromatic carbocycles. The normalized spacial score (nSPS) is 11.9. The Labute approximate surface area is 183 Å². The number of anilines is 1. The lowest BCUT2D eigenvalue weighted by atomic mass is 10.1. The molecule has 1 unspecified atom stereocenters. The number of benzene rings is 2. The van der Waals surface area contributed by atoms with Gasteiger partial charge in [-0.25, -0.2) is 0 Å². The standard InChI is InChI=1S/C22H21N5O3S/c1-14(19-11-16-5-3-4-6-18(16)30-19)24-21(29)15-7-9-17(10-8-15)25-20(28)12-31-22-26-23-13-27(22)2/h3-11,13-14H,12H2,1-2H3,(H,24,29)(H,25,28). The topological polar surface area (TPSA) is 102 Å². The maximum absolute atomic E-state index is 12.6. The van der Waals surface area contributed by atoms with Crippen molar-refractivity contribution in [2.45, 2.75) is 18.1 Å². The third-order valence-electron chi connectivity index (χ3n) is 4.65. The summed E-state index contributed by atoms with van der Waals surface area (Å²) in [6.45, 7) is 1.87. The molecule has 0 spiro atoms. The highest BCUT2D eigenvalue weighted by molar-refractivity contribution is 7.99. The minimum Gasteiger partial charge on any atom is -0.459 e. The number of hydrogen-bond acceptors (Lipinski definition) is 6. The van der Waals surface area contributed by atoms with Gasteiger partial charge in [-0.1, -0.05) is 30.0 Å². The molecule has 8 nitrogen and oxygen atoms in total. The Bertz CT molecular complexity index is 1180. The second-order valence-electron chi connectivity index (χ2n) is 7.02. The summed E-state index contributed by atoms with van der Waals surface area (Å²) >= 11 is 1.30. The highest BCUT2D eigenvalue weighted by Gasteiger charge is 2.15. The van der Waals surface area contributed by atoms with Crippen LogP contribution in [-0.4, -0.2) is 32.3 Å². The third-order valence-corrected chi connectivity index (χ3v) is 5.69. The lowest BCUT2D eigenvalue weighted by molar-refractivity contribution is -0.113. The van der Waals surface area contributed by atoms with Crippen LogP contribution in [0.5, 0.6) is 0 Å². The van der Waals surface area contributed by atoms with E-state index in [1.54, 1.807) is 35.2 Å². The summed E-state index contributed by atoms with van der Waals surface area (Å²) in [5.74, 6) is 0.523. The van der Waals surface area contributed by atoms with Gasteiger partial charge in [-0.2, -0.15) is 0 Å². The maximum Gasteiger partial charge on any atom is 0.251 e. The number of carbonyl (C=O) groups excluding carboxylic acids is 2. The molecule has 4 rings (SSSR count). The van der Waals surface area contributed by atoms with E-state index in [9.17, 15) is 9.59 Å². The number of furan rings is 1. The number of nitrogens with zero attached hydrogens (tertiary/aromatic N) is 3. The summed E-state index contributed by atoms with van der Waals surface area (Å²) in [5.41, 5.74) is 1.90. The van der Waals surface area contributed by atoms with Crippen LogP contribution in [0.2, 0.25) is 0 Å². The van der Waals surface area contributed by atoms with Crippen molar-refractivity contribution in [2.24, 2.45) is 7.05 Å². The van der Waals surface area contributed by atoms with Crippen molar-refractivity contribution < 1.29 is 14.0 Å². The van der Waals surface area contributed by atoms with E-state index in [1.807, 2.05) is 44.3 Å². The molecule has 4 aromatic rings. The molecule has 2 aromatic heterocycles. The molecular weight excluding hydrogens is 414 g/mol. The van der Waals surface area contributed by atoms with Crippen LogP contribution in [0.1, 0.15) is 29.1 Å². The van der Waals surface area contributed by atoms with Crippen LogP contribution < -0.4 is 10.6 Å². The Morgan fingerprint density at radius 2 is 1.94 bits per heavy atom. The summed E-state index contributed by atoms with van der Waals surface area (Å²) in [6.07, 6.45) is 1.58. The van der Waals surface area contributed by atoms with Gasteiger partial charge in [0, 0.05) is 23.7 Å². The number of para-hydroxylation sites is 1. The second-order valence-corrected chi connectivity index (χ2v) is 7.96.